The van der Waals surface area contributed by atoms with Crippen LogP contribution in [0.15, 0.2) is 32.3 Å². The predicted octanol–water partition coefficient (Wildman–Crippen LogP) is 0.617. The van der Waals surface area contributed by atoms with Crippen molar-refractivity contribution in [1.29, 1.82) is 0 Å². The van der Waals surface area contributed by atoms with Crippen molar-refractivity contribution in [3.63, 3.8) is 0 Å². The van der Waals surface area contributed by atoms with Crippen molar-refractivity contribution in [2.45, 2.75) is 26.3 Å². The summed E-state index contributed by atoms with van der Waals surface area (Å²) in [7, 11) is 1.49. The van der Waals surface area contributed by atoms with Crippen molar-refractivity contribution in [2.24, 2.45) is 13.0 Å². The number of carbonyl (C=O) groups is 1. The molecule has 0 aromatic carbocycles. The number of amides is 1. The topological polar surface area (TPSA) is 100 Å². The summed E-state index contributed by atoms with van der Waals surface area (Å²) in [6.45, 7) is 5.16. The zero-order valence-electron chi connectivity index (χ0n) is 15.1. The summed E-state index contributed by atoms with van der Waals surface area (Å²) in [5, 5.41) is 2.81. The maximum atomic E-state index is 12.2. The average molecular weight is 360 g/mol. The third-order valence-corrected chi connectivity index (χ3v) is 4.79. The Hall–Kier alpha value is -2.61. The summed E-state index contributed by atoms with van der Waals surface area (Å²) in [6, 6.07) is 3.98. The van der Waals surface area contributed by atoms with Gasteiger partial charge in [0, 0.05) is 19.8 Å². The van der Waals surface area contributed by atoms with Gasteiger partial charge in [0.05, 0.1) is 6.54 Å². The van der Waals surface area contributed by atoms with Gasteiger partial charge >= 0.3 is 5.69 Å². The standard InChI is InChI=1S/C18H24N4O4/c1-12-3-4-14(26-12)10-22-7-5-13(6-8-22)9-19-16(23)15-11-21(2)18(25)20-17(15)24/h3-4,11,13H,5-10H2,1-2H3,(H,19,23)(H,20,24,25). The molecule has 1 amide bonds. The number of aromatic amines is 1. The van der Waals surface area contributed by atoms with Gasteiger partial charge in [0.15, 0.2) is 0 Å². The molecular formula is C18H24N4O4. The van der Waals surface area contributed by atoms with E-state index in [9.17, 15) is 14.4 Å². The highest BCUT2D eigenvalue weighted by Crippen LogP contribution is 2.19. The summed E-state index contributed by atoms with van der Waals surface area (Å²) in [6.07, 6.45) is 3.22. The molecule has 0 saturated carbocycles. The van der Waals surface area contributed by atoms with Crippen LogP contribution in [0.25, 0.3) is 0 Å². The number of carbonyl (C=O) groups excluding carboxylic acids is 1. The Morgan fingerprint density at radius 3 is 2.69 bits per heavy atom. The van der Waals surface area contributed by atoms with E-state index in [4.69, 9.17) is 4.42 Å². The van der Waals surface area contributed by atoms with E-state index in [0.717, 1.165) is 44.0 Å². The first kappa shape index (κ1) is 18.2. The third-order valence-electron chi connectivity index (χ3n) is 4.79. The van der Waals surface area contributed by atoms with Gasteiger partial charge in [0.2, 0.25) is 0 Å². The van der Waals surface area contributed by atoms with Crippen molar-refractivity contribution >= 4 is 5.91 Å². The Labute approximate surface area is 150 Å². The van der Waals surface area contributed by atoms with E-state index in [1.807, 2.05) is 19.1 Å². The quantitative estimate of drug-likeness (QED) is 0.814. The first-order valence-corrected chi connectivity index (χ1v) is 8.78. The van der Waals surface area contributed by atoms with Crippen molar-refractivity contribution in [2.75, 3.05) is 19.6 Å². The largest absolute Gasteiger partial charge is 0.465 e. The van der Waals surface area contributed by atoms with Crippen molar-refractivity contribution in [3.8, 4) is 0 Å². The Balaban J connectivity index is 1.48. The monoisotopic (exact) mass is 360 g/mol. The van der Waals surface area contributed by atoms with Crippen molar-refractivity contribution in [1.82, 2.24) is 19.8 Å². The van der Waals surface area contributed by atoms with Crippen LogP contribution < -0.4 is 16.6 Å². The number of hydrogen-bond acceptors (Lipinski definition) is 5. The molecule has 2 aromatic heterocycles. The molecule has 0 spiro atoms. The predicted molar refractivity (Wildman–Crippen MR) is 96.1 cm³/mol. The van der Waals surface area contributed by atoms with E-state index >= 15 is 0 Å². The second-order valence-electron chi connectivity index (χ2n) is 6.85. The normalized spacial score (nSPS) is 15.9. The number of piperidine rings is 1. The first-order chi connectivity index (χ1) is 12.4. The Kier molecular flexibility index (Phi) is 5.41. The fourth-order valence-corrected chi connectivity index (χ4v) is 3.20. The SMILES string of the molecule is Cc1ccc(CN2CCC(CNC(=O)c3cn(C)c(=O)[nH]c3=O)CC2)o1. The number of rotatable bonds is 5. The molecule has 0 aliphatic carbocycles. The maximum absolute atomic E-state index is 12.2. The van der Waals surface area contributed by atoms with Gasteiger partial charge in [-0.25, -0.2) is 4.79 Å². The molecule has 2 N–H and O–H groups in total. The van der Waals surface area contributed by atoms with Gasteiger partial charge in [0.25, 0.3) is 11.5 Å². The molecule has 26 heavy (non-hydrogen) atoms. The van der Waals surface area contributed by atoms with Crippen molar-refractivity contribution < 1.29 is 9.21 Å². The van der Waals surface area contributed by atoms with Gasteiger partial charge in [-0.05, 0) is 50.9 Å². The van der Waals surface area contributed by atoms with Gasteiger partial charge in [-0.15, -0.1) is 0 Å². The van der Waals surface area contributed by atoms with Gasteiger partial charge < -0.3 is 14.3 Å². The number of aryl methyl sites for hydroxylation is 2. The van der Waals surface area contributed by atoms with Gasteiger partial charge in [-0.1, -0.05) is 0 Å². The molecule has 8 heteroatoms. The summed E-state index contributed by atoms with van der Waals surface area (Å²) >= 11 is 0. The molecule has 140 valence electrons. The zero-order valence-corrected chi connectivity index (χ0v) is 15.1. The highest BCUT2D eigenvalue weighted by atomic mass is 16.3. The highest BCUT2D eigenvalue weighted by molar-refractivity contribution is 5.93. The second kappa shape index (κ2) is 7.74. The second-order valence-corrected chi connectivity index (χ2v) is 6.85. The minimum Gasteiger partial charge on any atom is -0.465 e. The van der Waals surface area contributed by atoms with Crippen LogP contribution in [0.4, 0.5) is 0 Å². The molecule has 3 heterocycles. The lowest BCUT2D eigenvalue weighted by atomic mass is 9.96. The molecule has 1 fully saturated rings. The first-order valence-electron chi connectivity index (χ1n) is 8.78. The number of nitrogens with one attached hydrogen (secondary N) is 2. The molecule has 1 aliphatic heterocycles. The minimum atomic E-state index is -0.658. The average Bonchev–Trinajstić information content (AvgIpc) is 3.02. The van der Waals surface area contributed by atoms with E-state index in [-0.39, 0.29) is 5.56 Å². The summed E-state index contributed by atoms with van der Waals surface area (Å²) in [5.41, 5.74) is -1.24. The lowest BCUT2D eigenvalue weighted by Gasteiger charge is -2.31. The molecule has 2 aromatic rings. The lowest BCUT2D eigenvalue weighted by molar-refractivity contribution is 0.0931. The van der Waals surface area contributed by atoms with Gasteiger partial charge in [0.1, 0.15) is 17.1 Å². The van der Waals surface area contributed by atoms with Crippen LogP contribution in [0.2, 0.25) is 0 Å². The molecule has 1 aliphatic rings. The van der Waals surface area contributed by atoms with Crippen LogP contribution in [0.1, 0.15) is 34.7 Å². The minimum absolute atomic E-state index is 0.0438. The van der Waals surface area contributed by atoms with Crippen LogP contribution in [-0.4, -0.2) is 40.0 Å². The summed E-state index contributed by atoms with van der Waals surface area (Å²) in [5.74, 6) is 1.82. The van der Waals surface area contributed by atoms with Crippen LogP contribution in [-0.2, 0) is 13.6 Å². The van der Waals surface area contributed by atoms with E-state index < -0.39 is 17.2 Å². The molecule has 3 rings (SSSR count). The molecular weight excluding hydrogens is 336 g/mol. The van der Waals surface area contributed by atoms with E-state index in [2.05, 4.69) is 15.2 Å². The zero-order chi connectivity index (χ0) is 18.7. The molecule has 0 unspecified atom stereocenters. The molecule has 1 saturated heterocycles. The smallest absolute Gasteiger partial charge is 0.328 e. The summed E-state index contributed by atoms with van der Waals surface area (Å²) < 4.78 is 6.80. The van der Waals surface area contributed by atoms with E-state index in [1.54, 1.807) is 0 Å². The molecule has 8 nitrogen and oxygen atoms in total. The van der Waals surface area contributed by atoms with Crippen LogP contribution >= 0.6 is 0 Å². The molecule has 0 bridgehead atoms. The molecule has 0 atom stereocenters. The number of furan rings is 1. The van der Waals surface area contributed by atoms with E-state index in [0.29, 0.717) is 12.5 Å². The number of nitrogens with zero attached hydrogens (tertiary/aromatic N) is 2. The highest BCUT2D eigenvalue weighted by Gasteiger charge is 2.21. The van der Waals surface area contributed by atoms with Crippen LogP contribution in [0.3, 0.4) is 0 Å². The third kappa shape index (κ3) is 4.32. The van der Waals surface area contributed by atoms with E-state index in [1.165, 1.54) is 17.8 Å². The Bertz CT molecular complexity index is 887. The van der Waals surface area contributed by atoms with Crippen molar-refractivity contribution in [3.05, 3.63) is 56.3 Å². The fourth-order valence-electron chi connectivity index (χ4n) is 3.20. The number of H-pyrrole nitrogens is 1. The summed E-state index contributed by atoms with van der Waals surface area (Å²) in [4.78, 5) is 39.8. The molecule has 0 radical (unpaired) electrons. The maximum Gasteiger partial charge on any atom is 0.328 e. The lowest BCUT2D eigenvalue weighted by Crippen LogP contribution is -2.40. The van der Waals surface area contributed by atoms with Gasteiger partial charge in [-0.3, -0.25) is 19.5 Å². The van der Waals surface area contributed by atoms with Gasteiger partial charge in [-0.2, -0.15) is 0 Å². The van der Waals surface area contributed by atoms with Crippen LogP contribution in [0, 0.1) is 12.8 Å². The fraction of sp³-hybridized carbons (Fsp3) is 0.500. The number of likely N-dealkylation sites (tertiary alicyclic amines) is 1. The van der Waals surface area contributed by atoms with Crippen LogP contribution in [0.5, 0.6) is 0 Å². The number of hydrogen-bond donors (Lipinski definition) is 2. The Morgan fingerprint density at radius 2 is 2.04 bits per heavy atom. The number of aromatic nitrogens is 2. The Morgan fingerprint density at radius 1 is 1.31 bits per heavy atom.